The highest BCUT2D eigenvalue weighted by Gasteiger charge is 2.22. The molecule has 2 N–H and O–H groups in total. The molecule has 0 aliphatic heterocycles. The number of fused-ring (bicyclic) bond motifs is 1. The van der Waals surface area contributed by atoms with Gasteiger partial charge in [0.25, 0.3) is 0 Å². The standard InChI is InChI=1S/C7H4N2O4S/c10-5-4(9(12)13)7(11)8-3-1-2-14-6(3)5/h1-2H,(H2,8,10,11). The molecule has 0 bridgehead atoms. The average Bonchev–Trinajstić information content (AvgIpc) is 2.50. The zero-order valence-corrected chi connectivity index (χ0v) is 7.50. The third-order valence-electron chi connectivity index (χ3n) is 1.75. The molecule has 0 spiro atoms. The first-order chi connectivity index (χ1) is 6.61. The SMILES string of the molecule is O=c1[nH]c2ccsc2c(O)c1[N+](=O)[O-]. The van der Waals surface area contributed by atoms with Gasteiger partial charge in [-0.25, -0.2) is 0 Å². The lowest BCUT2D eigenvalue weighted by molar-refractivity contribution is -0.387. The second kappa shape index (κ2) is 2.81. The summed E-state index contributed by atoms with van der Waals surface area (Å²) in [6.07, 6.45) is 0. The number of aromatic nitrogens is 1. The van der Waals surface area contributed by atoms with E-state index in [2.05, 4.69) is 4.98 Å². The fourth-order valence-corrected chi connectivity index (χ4v) is 1.95. The number of hydrogen-bond acceptors (Lipinski definition) is 5. The molecule has 0 fully saturated rings. The molecule has 0 radical (unpaired) electrons. The molecule has 2 aromatic rings. The van der Waals surface area contributed by atoms with Crippen molar-refractivity contribution in [2.24, 2.45) is 0 Å². The number of nitro groups is 1. The van der Waals surface area contributed by atoms with Crippen molar-refractivity contribution >= 4 is 27.2 Å². The molecule has 0 aromatic carbocycles. The molecule has 2 rings (SSSR count). The Kier molecular flexibility index (Phi) is 1.74. The second-order valence-corrected chi connectivity index (χ2v) is 3.49. The van der Waals surface area contributed by atoms with Gasteiger partial charge in [0.1, 0.15) is 0 Å². The van der Waals surface area contributed by atoms with E-state index in [9.17, 15) is 20.0 Å². The summed E-state index contributed by atoms with van der Waals surface area (Å²) >= 11 is 1.13. The third kappa shape index (κ3) is 1.06. The molecule has 0 saturated heterocycles. The Balaban J connectivity index is 2.96. The fraction of sp³-hybridized carbons (Fsp3) is 0. The van der Waals surface area contributed by atoms with Gasteiger partial charge in [0.05, 0.1) is 15.1 Å². The van der Waals surface area contributed by atoms with E-state index in [4.69, 9.17) is 0 Å². The molecule has 2 aromatic heterocycles. The number of nitrogens with zero attached hydrogens (tertiary/aromatic N) is 1. The van der Waals surface area contributed by atoms with E-state index in [1.54, 1.807) is 11.4 Å². The third-order valence-corrected chi connectivity index (χ3v) is 2.67. The first-order valence-electron chi connectivity index (χ1n) is 3.58. The smallest absolute Gasteiger partial charge is 0.376 e. The Labute approximate surface area is 80.6 Å². The van der Waals surface area contributed by atoms with Crippen LogP contribution in [0.3, 0.4) is 0 Å². The van der Waals surface area contributed by atoms with Gasteiger partial charge >= 0.3 is 11.2 Å². The van der Waals surface area contributed by atoms with Gasteiger partial charge in [0.15, 0.2) is 0 Å². The minimum absolute atomic E-state index is 0.316. The van der Waals surface area contributed by atoms with E-state index in [1.807, 2.05) is 0 Å². The molecule has 7 heteroatoms. The van der Waals surface area contributed by atoms with Crippen LogP contribution in [0.5, 0.6) is 5.75 Å². The lowest BCUT2D eigenvalue weighted by atomic mass is 10.3. The number of thiophene rings is 1. The van der Waals surface area contributed by atoms with Crippen LogP contribution in [0.4, 0.5) is 5.69 Å². The Bertz CT molecular complexity index is 571. The van der Waals surface area contributed by atoms with Crippen LogP contribution in [0.25, 0.3) is 10.2 Å². The molecule has 0 atom stereocenters. The van der Waals surface area contributed by atoms with Crippen molar-refractivity contribution in [1.29, 1.82) is 0 Å². The zero-order chi connectivity index (χ0) is 10.3. The molecule has 0 aliphatic carbocycles. The Morgan fingerprint density at radius 1 is 1.57 bits per heavy atom. The van der Waals surface area contributed by atoms with E-state index >= 15 is 0 Å². The van der Waals surface area contributed by atoms with Crippen molar-refractivity contribution < 1.29 is 10.0 Å². The largest absolute Gasteiger partial charge is 0.501 e. The zero-order valence-electron chi connectivity index (χ0n) is 6.68. The Morgan fingerprint density at radius 2 is 2.29 bits per heavy atom. The van der Waals surface area contributed by atoms with Crippen LogP contribution in [0.15, 0.2) is 16.2 Å². The van der Waals surface area contributed by atoms with Gasteiger partial charge < -0.3 is 10.1 Å². The Morgan fingerprint density at radius 3 is 2.93 bits per heavy atom. The van der Waals surface area contributed by atoms with Gasteiger partial charge in [-0.1, -0.05) is 0 Å². The van der Waals surface area contributed by atoms with Crippen LogP contribution in [-0.2, 0) is 0 Å². The number of aromatic amines is 1. The molecule has 2 heterocycles. The van der Waals surface area contributed by atoms with Crippen LogP contribution in [0.2, 0.25) is 0 Å². The van der Waals surface area contributed by atoms with Crippen molar-refractivity contribution in [3.05, 3.63) is 31.9 Å². The quantitative estimate of drug-likeness (QED) is 0.548. The lowest BCUT2D eigenvalue weighted by Gasteiger charge is -1.95. The number of nitrogens with one attached hydrogen (secondary N) is 1. The van der Waals surface area contributed by atoms with Gasteiger partial charge in [0, 0.05) is 0 Å². The minimum Gasteiger partial charge on any atom is -0.501 e. The molecule has 0 saturated carbocycles. The van der Waals surface area contributed by atoms with E-state index in [-0.39, 0.29) is 0 Å². The van der Waals surface area contributed by atoms with Crippen molar-refractivity contribution in [3.8, 4) is 5.75 Å². The predicted molar refractivity (Wildman–Crippen MR) is 50.8 cm³/mol. The highest BCUT2D eigenvalue weighted by atomic mass is 32.1. The van der Waals surface area contributed by atoms with Crippen molar-refractivity contribution in [3.63, 3.8) is 0 Å². The fourth-order valence-electron chi connectivity index (χ4n) is 1.16. The topological polar surface area (TPSA) is 96.2 Å². The molecule has 0 aliphatic rings. The van der Waals surface area contributed by atoms with E-state index in [0.717, 1.165) is 11.3 Å². The summed E-state index contributed by atoms with van der Waals surface area (Å²) in [5, 5.41) is 21.5. The number of aromatic hydroxyl groups is 1. The van der Waals surface area contributed by atoms with Gasteiger partial charge in [-0.05, 0) is 11.4 Å². The first kappa shape index (κ1) is 8.70. The first-order valence-corrected chi connectivity index (χ1v) is 4.46. The number of H-pyrrole nitrogens is 1. The molecular weight excluding hydrogens is 208 g/mol. The molecule has 72 valence electrons. The lowest BCUT2D eigenvalue weighted by Crippen LogP contribution is -2.10. The van der Waals surface area contributed by atoms with Gasteiger partial charge in [0.2, 0.25) is 5.75 Å². The van der Waals surface area contributed by atoms with Gasteiger partial charge in [-0.3, -0.25) is 14.9 Å². The minimum atomic E-state index is -0.896. The van der Waals surface area contributed by atoms with Crippen molar-refractivity contribution in [2.75, 3.05) is 0 Å². The summed E-state index contributed by atoms with van der Waals surface area (Å²) in [6, 6.07) is 1.57. The van der Waals surface area contributed by atoms with Crippen LogP contribution < -0.4 is 5.56 Å². The maximum atomic E-state index is 11.1. The summed E-state index contributed by atoms with van der Waals surface area (Å²) in [4.78, 5) is 23.0. The van der Waals surface area contributed by atoms with Crippen LogP contribution in [0.1, 0.15) is 0 Å². The molecule has 14 heavy (non-hydrogen) atoms. The van der Waals surface area contributed by atoms with E-state index < -0.39 is 21.9 Å². The summed E-state index contributed by atoms with van der Waals surface area (Å²) in [5.74, 6) is -0.566. The number of rotatable bonds is 1. The summed E-state index contributed by atoms with van der Waals surface area (Å²) in [7, 11) is 0. The predicted octanol–water partition coefficient (Wildman–Crippen LogP) is 1.20. The molecular formula is C7H4N2O4S. The van der Waals surface area contributed by atoms with Gasteiger partial charge in [-0.15, -0.1) is 11.3 Å². The monoisotopic (exact) mass is 212 g/mol. The second-order valence-electron chi connectivity index (χ2n) is 2.57. The normalized spacial score (nSPS) is 10.6. The number of hydrogen-bond donors (Lipinski definition) is 2. The average molecular weight is 212 g/mol. The van der Waals surface area contributed by atoms with Crippen LogP contribution in [0, 0.1) is 10.1 Å². The van der Waals surface area contributed by atoms with E-state index in [0.29, 0.717) is 10.2 Å². The molecule has 0 amide bonds. The van der Waals surface area contributed by atoms with Crippen LogP contribution in [-0.4, -0.2) is 15.0 Å². The number of pyridine rings is 1. The van der Waals surface area contributed by atoms with Crippen molar-refractivity contribution in [2.45, 2.75) is 0 Å². The summed E-state index contributed by atoms with van der Waals surface area (Å²) in [6.45, 7) is 0. The summed E-state index contributed by atoms with van der Waals surface area (Å²) in [5.41, 5.74) is -1.29. The molecule has 6 nitrogen and oxygen atoms in total. The van der Waals surface area contributed by atoms with Crippen LogP contribution >= 0.6 is 11.3 Å². The maximum absolute atomic E-state index is 11.1. The van der Waals surface area contributed by atoms with Gasteiger partial charge in [-0.2, -0.15) is 0 Å². The maximum Gasteiger partial charge on any atom is 0.376 e. The van der Waals surface area contributed by atoms with E-state index in [1.165, 1.54) is 0 Å². The van der Waals surface area contributed by atoms with Crippen molar-refractivity contribution in [1.82, 2.24) is 4.98 Å². The Hall–Kier alpha value is -1.89. The highest BCUT2D eigenvalue weighted by molar-refractivity contribution is 7.17. The molecule has 0 unspecified atom stereocenters. The summed E-state index contributed by atoms with van der Waals surface area (Å²) < 4.78 is 0.316. The highest BCUT2D eigenvalue weighted by Crippen LogP contribution is 2.32.